The maximum atomic E-state index is 11.9. The first kappa shape index (κ1) is 14.1. The van der Waals surface area contributed by atoms with Gasteiger partial charge in [0.25, 0.3) is 5.91 Å². The molecule has 1 aliphatic rings. The summed E-state index contributed by atoms with van der Waals surface area (Å²) in [5, 5.41) is 14.5. The lowest BCUT2D eigenvalue weighted by Gasteiger charge is -2.23. The number of halogens is 1. The molecule has 1 aromatic heterocycles. The van der Waals surface area contributed by atoms with Crippen LogP contribution in [0.4, 0.5) is 0 Å². The topological polar surface area (TPSA) is 75.6 Å². The number of amides is 1. The minimum absolute atomic E-state index is 0.157. The van der Waals surface area contributed by atoms with Gasteiger partial charge < -0.3 is 15.2 Å². The maximum Gasteiger partial charge on any atom is 0.347 e. The predicted octanol–water partition coefficient (Wildman–Crippen LogP) is 2.45. The lowest BCUT2D eigenvalue weighted by molar-refractivity contribution is -0.141. The van der Waals surface area contributed by atoms with Crippen LogP contribution >= 0.6 is 27.3 Å². The largest absolute Gasteiger partial charge is 0.511 e. The molecule has 1 aliphatic heterocycles. The van der Waals surface area contributed by atoms with Crippen LogP contribution < -0.4 is 5.32 Å². The SMILES string of the molecule is CCOC(=O)C1=C(O)CC(c2cc(Br)cs2)NC1=O. The van der Waals surface area contributed by atoms with E-state index in [2.05, 4.69) is 21.2 Å². The summed E-state index contributed by atoms with van der Waals surface area (Å²) in [6.07, 6.45) is 0.187. The average Bonchev–Trinajstić information content (AvgIpc) is 2.75. The molecule has 0 spiro atoms. The van der Waals surface area contributed by atoms with Crippen LogP contribution in [0.3, 0.4) is 0 Å². The third kappa shape index (κ3) is 2.98. The van der Waals surface area contributed by atoms with Crippen molar-refractivity contribution >= 4 is 39.1 Å². The molecule has 5 nitrogen and oxygen atoms in total. The smallest absolute Gasteiger partial charge is 0.347 e. The molecule has 1 atom stereocenters. The summed E-state index contributed by atoms with van der Waals surface area (Å²) >= 11 is 4.80. The monoisotopic (exact) mass is 345 g/mol. The molecule has 0 saturated carbocycles. The van der Waals surface area contributed by atoms with Gasteiger partial charge in [-0.25, -0.2) is 4.79 Å². The molecular formula is C12H12BrNO4S. The first-order chi connectivity index (χ1) is 9.02. The van der Waals surface area contributed by atoms with Crippen molar-refractivity contribution in [3.05, 3.63) is 32.1 Å². The standard InChI is InChI=1S/C12H12BrNO4S/c1-2-18-12(17)10-8(15)4-7(14-11(10)16)9-3-6(13)5-19-9/h3,5,7,15H,2,4H2,1H3,(H,14,16). The van der Waals surface area contributed by atoms with E-state index in [9.17, 15) is 14.7 Å². The van der Waals surface area contributed by atoms with Crippen LogP contribution in [0.15, 0.2) is 27.3 Å². The number of hydrogen-bond acceptors (Lipinski definition) is 5. The number of aliphatic hydroxyl groups excluding tert-OH is 1. The highest BCUT2D eigenvalue weighted by atomic mass is 79.9. The fourth-order valence-corrected chi connectivity index (χ4v) is 3.30. The second-order valence-corrected chi connectivity index (χ2v) is 5.80. The summed E-state index contributed by atoms with van der Waals surface area (Å²) in [7, 11) is 0. The maximum absolute atomic E-state index is 11.9. The van der Waals surface area contributed by atoms with Crippen LogP contribution in [-0.4, -0.2) is 23.6 Å². The van der Waals surface area contributed by atoms with Gasteiger partial charge in [0.2, 0.25) is 0 Å². The van der Waals surface area contributed by atoms with E-state index < -0.39 is 11.9 Å². The molecule has 0 saturated heterocycles. The van der Waals surface area contributed by atoms with Gasteiger partial charge in [0.15, 0.2) is 5.57 Å². The summed E-state index contributed by atoms with van der Waals surface area (Å²) in [6.45, 7) is 1.80. The zero-order valence-electron chi connectivity index (χ0n) is 10.1. The van der Waals surface area contributed by atoms with Crippen molar-refractivity contribution in [3.63, 3.8) is 0 Å². The molecule has 2 rings (SSSR count). The first-order valence-electron chi connectivity index (χ1n) is 5.67. The Bertz CT molecular complexity index is 552. The summed E-state index contributed by atoms with van der Waals surface area (Å²) in [6, 6.07) is 1.56. The molecule has 0 aromatic carbocycles. The van der Waals surface area contributed by atoms with Gasteiger partial charge in [0, 0.05) is 21.2 Å². The van der Waals surface area contributed by atoms with Crippen molar-refractivity contribution in [2.24, 2.45) is 0 Å². The Hall–Kier alpha value is -1.34. The van der Waals surface area contributed by atoms with Gasteiger partial charge >= 0.3 is 5.97 Å². The van der Waals surface area contributed by atoms with Gasteiger partial charge in [-0.05, 0) is 28.9 Å². The number of rotatable bonds is 3. The van der Waals surface area contributed by atoms with Crippen molar-refractivity contribution in [2.45, 2.75) is 19.4 Å². The summed E-state index contributed by atoms with van der Waals surface area (Å²) in [5.41, 5.74) is -0.297. The van der Waals surface area contributed by atoms with E-state index in [1.54, 1.807) is 6.92 Å². The molecule has 1 aromatic rings. The lowest BCUT2D eigenvalue weighted by Crippen LogP contribution is -2.37. The van der Waals surface area contributed by atoms with Crippen molar-refractivity contribution in [3.8, 4) is 0 Å². The molecule has 0 radical (unpaired) electrons. The molecule has 1 unspecified atom stereocenters. The lowest BCUT2D eigenvalue weighted by atomic mass is 10.0. The Morgan fingerprint density at radius 2 is 2.42 bits per heavy atom. The number of thiophene rings is 1. The molecule has 102 valence electrons. The van der Waals surface area contributed by atoms with Crippen LogP contribution in [0.1, 0.15) is 24.3 Å². The Balaban J connectivity index is 2.22. The van der Waals surface area contributed by atoms with Gasteiger partial charge in [-0.2, -0.15) is 0 Å². The Labute approximate surface area is 122 Å². The highest BCUT2D eigenvalue weighted by Crippen LogP contribution is 2.32. The third-order valence-electron chi connectivity index (χ3n) is 2.63. The molecule has 2 N–H and O–H groups in total. The van der Waals surface area contributed by atoms with Crippen molar-refractivity contribution < 1.29 is 19.4 Å². The Morgan fingerprint density at radius 1 is 1.68 bits per heavy atom. The van der Waals surface area contributed by atoms with Gasteiger partial charge in [-0.1, -0.05) is 0 Å². The van der Waals surface area contributed by atoms with Crippen LogP contribution in [0.5, 0.6) is 0 Å². The molecule has 0 aliphatic carbocycles. The molecule has 1 amide bonds. The highest BCUT2D eigenvalue weighted by molar-refractivity contribution is 9.10. The molecular weight excluding hydrogens is 334 g/mol. The summed E-state index contributed by atoms with van der Waals surface area (Å²) in [4.78, 5) is 24.3. The number of hydrogen-bond donors (Lipinski definition) is 2. The van der Waals surface area contributed by atoms with Crippen molar-refractivity contribution in [2.75, 3.05) is 6.61 Å². The van der Waals surface area contributed by atoms with E-state index in [1.807, 2.05) is 11.4 Å². The molecule has 0 bridgehead atoms. The summed E-state index contributed by atoms with van der Waals surface area (Å²) in [5.74, 6) is -1.61. The second kappa shape index (κ2) is 5.75. The van der Waals surface area contributed by atoms with E-state index in [0.717, 1.165) is 9.35 Å². The average molecular weight is 346 g/mol. The van der Waals surface area contributed by atoms with Crippen molar-refractivity contribution in [1.82, 2.24) is 5.32 Å². The fourth-order valence-electron chi connectivity index (χ4n) is 1.80. The minimum atomic E-state index is -0.789. The quantitative estimate of drug-likeness (QED) is 0.651. The van der Waals surface area contributed by atoms with Gasteiger partial charge in [0.1, 0.15) is 5.76 Å². The molecule has 2 heterocycles. The van der Waals surface area contributed by atoms with E-state index >= 15 is 0 Å². The van der Waals surface area contributed by atoms with Crippen LogP contribution in [0.25, 0.3) is 0 Å². The Morgan fingerprint density at radius 3 is 2.95 bits per heavy atom. The predicted molar refractivity (Wildman–Crippen MR) is 73.8 cm³/mol. The third-order valence-corrected chi connectivity index (χ3v) is 4.44. The summed E-state index contributed by atoms with van der Waals surface area (Å²) < 4.78 is 5.66. The van der Waals surface area contributed by atoms with E-state index in [1.165, 1.54) is 11.3 Å². The van der Waals surface area contributed by atoms with Crippen molar-refractivity contribution in [1.29, 1.82) is 0 Å². The van der Waals surface area contributed by atoms with Crippen LogP contribution in [-0.2, 0) is 14.3 Å². The normalized spacial score (nSPS) is 19.3. The van der Waals surface area contributed by atoms with Gasteiger partial charge in [-0.15, -0.1) is 11.3 Å². The first-order valence-corrected chi connectivity index (χ1v) is 7.34. The number of aliphatic hydroxyl groups is 1. The zero-order chi connectivity index (χ0) is 14.0. The molecule has 7 heteroatoms. The van der Waals surface area contributed by atoms with E-state index in [-0.39, 0.29) is 30.4 Å². The fraction of sp³-hybridized carbons (Fsp3) is 0.333. The number of nitrogens with one attached hydrogen (secondary N) is 1. The molecule has 19 heavy (non-hydrogen) atoms. The molecule has 0 fully saturated rings. The minimum Gasteiger partial charge on any atom is -0.511 e. The van der Waals surface area contributed by atoms with E-state index in [0.29, 0.717) is 0 Å². The van der Waals surface area contributed by atoms with E-state index in [4.69, 9.17) is 4.74 Å². The van der Waals surface area contributed by atoms with Crippen LogP contribution in [0.2, 0.25) is 0 Å². The number of esters is 1. The number of ether oxygens (including phenoxy) is 1. The highest BCUT2D eigenvalue weighted by Gasteiger charge is 2.33. The van der Waals surface area contributed by atoms with Gasteiger partial charge in [0.05, 0.1) is 12.6 Å². The zero-order valence-corrected chi connectivity index (χ0v) is 12.5. The number of carbonyl (C=O) groups is 2. The van der Waals surface area contributed by atoms with Gasteiger partial charge in [-0.3, -0.25) is 4.79 Å². The van der Waals surface area contributed by atoms with Crippen LogP contribution in [0, 0.1) is 0 Å². The number of carbonyl (C=O) groups excluding carboxylic acids is 2. The Kier molecular flexibility index (Phi) is 4.26. The second-order valence-electron chi connectivity index (χ2n) is 3.94.